The molecule has 13 amide bonds. The molecular formula is C73H106N16O20S. The van der Waals surface area contributed by atoms with Crippen molar-refractivity contribution in [2.24, 2.45) is 17.6 Å². The number of aliphatic hydroxyl groups is 5. The first kappa shape index (κ1) is 87.4. The predicted octanol–water partition coefficient (Wildman–Crippen LogP) is -4.12. The van der Waals surface area contributed by atoms with Crippen LogP contribution in [-0.4, -0.2) is 287 Å². The molecule has 0 aliphatic carbocycles. The molecule has 0 spiro atoms. The maximum absolute atomic E-state index is 15.3. The summed E-state index contributed by atoms with van der Waals surface area (Å²) in [7, 11) is 0. The molecule has 110 heavy (non-hydrogen) atoms. The number of fused-ring (bicyclic) bond motifs is 2. The minimum Gasteiger partial charge on any atom is -0.480 e. The lowest BCUT2D eigenvalue weighted by Gasteiger charge is -2.32. The van der Waals surface area contributed by atoms with Crippen LogP contribution in [0.25, 0.3) is 21.8 Å². The molecule has 0 radical (unpaired) electrons. The van der Waals surface area contributed by atoms with E-state index in [0.29, 0.717) is 39.4 Å². The van der Waals surface area contributed by atoms with Crippen LogP contribution in [0.5, 0.6) is 0 Å². The molecule has 0 saturated carbocycles. The Balaban J connectivity index is 1.07. The van der Waals surface area contributed by atoms with Crippen molar-refractivity contribution in [2.75, 3.05) is 58.1 Å². The number of aromatic amines is 2. The zero-order chi connectivity index (χ0) is 80.8. The van der Waals surface area contributed by atoms with E-state index in [4.69, 9.17) is 5.73 Å². The summed E-state index contributed by atoms with van der Waals surface area (Å²) in [4.78, 5) is 205. The quantitative estimate of drug-likeness (QED) is 0.0201. The standard InChI is InChI=1S/C73H106N16O20S/c1-37(2)27-49(79-68(103)58-21-14-25-89(58)72(107)59(40(6)94)86-61(96)45(74)33-90)63(98)78-48(22-26-110-7)62(97)83-54(35-92)66(101)81-51(30-42-32-76-47-18-11-9-16-44(42)47)70(105)87-23-12-19-56(87)67(102)80-50(29-41-31-75-46-17-10-8-15-43(41)46)64(99)85-55(36-93)71(106)88-24-13-20-57(88)69(104)84-53(34-91)65(100)77-39(5)60(95)82-52(73(108)109)28-38(3)4/h8-11,15-18,31-32,37-40,45,48-59,75-76,90-94H,12-14,19-30,33-36,74H2,1-7H3,(H,77,100)(H,78,98)(H,79,103)(H,80,102)(H,81,101)(H,82,95)(H,83,97)(H,84,104)(H,85,99)(H,86,96)(H,108,109)/t39-,40+,45-,48-,49-,50-,51-,52-,53-,54-,55-,56-,57-,58-,59-/m0/s1. The molecule has 3 aliphatic rings. The van der Waals surface area contributed by atoms with Gasteiger partial charge in [0.05, 0.1) is 32.5 Å². The smallest absolute Gasteiger partial charge is 0.326 e. The topological polar surface area (TPSA) is 548 Å². The van der Waals surface area contributed by atoms with Crippen molar-refractivity contribution in [1.82, 2.24) is 77.8 Å². The summed E-state index contributed by atoms with van der Waals surface area (Å²) in [6.45, 7) is 5.84. The molecule has 15 atom stereocenters. The number of para-hydroxylation sites is 2. The molecular weight excluding hydrogens is 1450 g/mol. The van der Waals surface area contributed by atoms with E-state index in [2.05, 4.69) is 63.1 Å². The van der Waals surface area contributed by atoms with Crippen molar-refractivity contribution in [3.63, 3.8) is 0 Å². The molecule has 37 heteroatoms. The Morgan fingerprint density at radius 2 is 0.855 bits per heavy atom. The van der Waals surface area contributed by atoms with E-state index in [0.717, 1.165) is 4.90 Å². The Bertz CT molecular complexity index is 3930. The van der Waals surface area contributed by atoms with Crippen molar-refractivity contribution in [2.45, 2.75) is 203 Å². The number of nitrogens with one attached hydrogen (secondary N) is 12. The van der Waals surface area contributed by atoms with Gasteiger partial charge in [0.25, 0.3) is 0 Å². The number of thioether (sulfide) groups is 1. The monoisotopic (exact) mass is 1560 g/mol. The predicted molar refractivity (Wildman–Crippen MR) is 401 cm³/mol. The molecule has 3 aliphatic heterocycles. The number of carboxylic acids is 1. The molecule has 0 unspecified atom stereocenters. The highest BCUT2D eigenvalue weighted by Crippen LogP contribution is 2.27. The summed E-state index contributed by atoms with van der Waals surface area (Å²) < 4.78 is 0. The maximum Gasteiger partial charge on any atom is 0.326 e. The van der Waals surface area contributed by atoms with E-state index >= 15 is 4.79 Å². The van der Waals surface area contributed by atoms with Crippen LogP contribution in [-0.2, 0) is 80.0 Å². The van der Waals surface area contributed by atoms with E-state index in [1.165, 1.54) is 35.4 Å². The van der Waals surface area contributed by atoms with Crippen molar-refractivity contribution in [3.8, 4) is 0 Å². The highest BCUT2D eigenvalue weighted by molar-refractivity contribution is 7.98. The second kappa shape index (κ2) is 41.3. The van der Waals surface area contributed by atoms with E-state index in [1.807, 2.05) is 0 Å². The second-order valence-electron chi connectivity index (χ2n) is 28.9. The van der Waals surface area contributed by atoms with Crippen molar-refractivity contribution in [1.29, 1.82) is 0 Å². The highest BCUT2D eigenvalue weighted by atomic mass is 32.2. The van der Waals surface area contributed by atoms with Gasteiger partial charge in [-0.1, -0.05) is 64.1 Å². The molecule has 5 heterocycles. The number of H-pyrrole nitrogens is 2. The zero-order valence-electron chi connectivity index (χ0n) is 62.7. The molecule has 3 fully saturated rings. The average molecular weight is 1560 g/mol. The van der Waals surface area contributed by atoms with Gasteiger partial charge in [-0.3, -0.25) is 62.3 Å². The summed E-state index contributed by atoms with van der Waals surface area (Å²) >= 11 is 1.32. The molecule has 604 valence electrons. The van der Waals surface area contributed by atoms with Gasteiger partial charge < -0.3 is 114 Å². The average Bonchev–Trinajstić information content (AvgIpc) is 1.73. The number of carbonyl (C=O) groups excluding carboxylic acids is 13. The van der Waals surface area contributed by atoms with Crippen molar-refractivity contribution in [3.05, 3.63) is 72.1 Å². The zero-order valence-corrected chi connectivity index (χ0v) is 63.6. The Kier molecular flexibility index (Phi) is 32.8. The van der Waals surface area contributed by atoms with Crippen LogP contribution >= 0.6 is 11.8 Å². The number of aromatic nitrogens is 2. The number of nitrogens with two attached hydrogens (primary N) is 1. The fourth-order valence-electron chi connectivity index (χ4n) is 13.7. The summed E-state index contributed by atoms with van der Waals surface area (Å²) in [5.74, 6) is -12.9. The van der Waals surface area contributed by atoms with E-state index in [9.17, 15) is 93.0 Å². The summed E-state index contributed by atoms with van der Waals surface area (Å²) in [5, 5.41) is 88.2. The number of aliphatic hydroxyl groups excluding tert-OH is 5. The van der Waals surface area contributed by atoms with Gasteiger partial charge in [0.2, 0.25) is 76.8 Å². The Labute approximate surface area is 639 Å². The molecule has 4 aromatic rings. The normalized spacial score (nSPS) is 19.0. The minimum absolute atomic E-state index is 0.0221. The van der Waals surface area contributed by atoms with Crippen molar-refractivity contribution < 1.29 is 97.8 Å². The first-order valence-electron chi connectivity index (χ1n) is 37.0. The van der Waals surface area contributed by atoms with Gasteiger partial charge in [-0.05, 0) is 119 Å². The van der Waals surface area contributed by atoms with Gasteiger partial charge in [-0.15, -0.1) is 0 Å². The van der Waals surface area contributed by atoms with Crippen LogP contribution in [0.15, 0.2) is 60.9 Å². The van der Waals surface area contributed by atoms with Gasteiger partial charge >= 0.3 is 5.97 Å². The van der Waals surface area contributed by atoms with Crippen LogP contribution in [0.3, 0.4) is 0 Å². The molecule has 0 bridgehead atoms. The molecule has 7 rings (SSSR count). The number of rotatable bonds is 40. The number of hydrogen-bond acceptors (Lipinski definition) is 21. The second-order valence-corrected chi connectivity index (χ2v) is 29.8. The lowest BCUT2D eigenvalue weighted by atomic mass is 10.0. The molecule has 2 aromatic heterocycles. The number of carboxylic acid groups (broad SMARTS) is 1. The van der Waals surface area contributed by atoms with Gasteiger partial charge in [-0.25, -0.2) is 4.79 Å². The van der Waals surface area contributed by atoms with Crippen LogP contribution in [0.4, 0.5) is 0 Å². The number of benzene rings is 2. The van der Waals surface area contributed by atoms with Gasteiger partial charge in [0.1, 0.15) is 84.6 Å². The van der Waals surface area contributed by atoms with Crippen molar-refractivity contribution >= 4 is 116 Å². The Morgan fingerprint density at radius 1 is 0.464 bits per heavy atom. The Morgan fingerprint density at radius 3 is 1.34 bits per heavy atom. The third-order valence-corrected chi connectivity index (χ3v) is 20.3. The minimum atomic E-state index is -1.77. The number of carbonyl (C=O) groups is 14. The SMILES string of the molecule is CSCC[C@H](NC(=O)[C@H](CC(C)C)NC(=O)[C@@H]1CCCN1C(=O)[C@@H](NC(=O)[C@@H](N)CO)[C@@H](C)O)C(=O)N[C@@H](CO)C(=O)N[C@@H](Cc1c[nH]c2ccccc12)C(=O)N1CCC[C@H]1C(=O)N[C@@H](Cc1c[nH]c2ccccc12)C(=O)N[C@@H](CO)C(=O)N1CCC[C@H]1C(=O)N[C@@H](CO)C(=O)N[C@@H](C)C(=O)N[C@@H](CC(C)C)C(=O)O. The fraction of sp³-hybridized carbons (Fsp3) is 0.589. The van der Waals surface area contributed by atoms with E-state index < -0.39 is 200 Å². The van der Waals surface area contributed by atoms with E-state index in [-0.39, 0.29) is 101 Å². The molecule has 20 N–H and O–H groups in total. The first-order valence-corrected chi connectivity index (χ1v) is 38.4. The molecule has 36 nitrogen and oxygen atoms in total. The Hall–Kier alpha value is -9.79. The largest absolute Gasteiger partial charge is 0.480 e. The van der Waals surface area contributed by atoms with Crippen LogP contribution in [0, 0.1) is 11.8 Å². The first-order chi connectivity index (χ1) is 52.3. The van der Waals surface area contributed by atoms with E-state index in [1.54, 1.807) is 94.9 Å². The summed E-state index contributed by atoms with van der Waals surface area (Å²) in [6.07, 6.45) is 4.33. The van der Waals surface area contributed by atoms with Crippen LogP contribution in [0.2, 0.25) is 0 Å². The summed E-state index contributed by atoms with van der Waals surface area (Å²) in [5.41, 5.74) is 8.06. The van der Waals surface area contributed by atoms with Gasteiger partial charge in [0.15, 0.2) is 0 Å². The number of likely N-dealkylation sites (tertiary alicyclic amines) is 3. The lowest BCUT2D eigenvalue weighted by molar-refractivity contribution is -0.144. The number of aliphatic carboxylic acids is 1. The highest BCUT2D eigenvalue weighted by Gasteiger charge is 2.45. The van der Waals surface area contributed by atoms with Gasteiger partial charge in [0, 0.05) is 66.7 Å². The number of nitrogens with zero attached hydrogens (tertiary/aromatic N) is 3. The molecule has 2 aromatic carbocycles. The van der Waals surface area contributed by atoms with Gasteiger partial charge in [-0.2, -0.15) is 11.8 Å². The van der Waals surface area contributed by atoms with Crippen LogP contribution < -0.4 is 58.9 Å². The number of amides is 13. The van der Waals surface area contributed by atoms with Crippen LogP contribution in [0.1, 0.15) is 110 Å². The third-order valence-electron chi connectivity index (χ3n) is 19.6. The fourth-order valence-corrected chi connectivity index (χ4v) is 14.2. The third kappa shape index (κ3) is 23.2. The number of hydrogen-bond donors (Lipinski definition) is 19. The lowest BCUT2D eigenvalue weighted by Crippen LogP contribution is -2.62. The maximum atomic E-state index is 15.3. The summed E-state index contributed by atoms with van der Waals surface area (Å²) in [6, 6.07) is -5.96. The molecule has 3 saturated heterocycles.